The van der Waals surface area contributed by atoms with Crippen LogP contribution >= 0.6 is 11.6 Å². The van der Waals surface area contributed by atoms with Crippen molar-refractivity contribution >= 4 is 11.6 Å². The topological polar surface area (TPSA) is 12.5 Å². The zero-order valence-corrected chi connectivity index (χ0v) is 7.34. The second-order valence-corrected chi connectivity index (χ2v) is 3.85. The molecule has 0 aromatic heterocycles. The zero-order valence-electron chi connectivity index (χ0n) is 6.59. The maximum absolute atomic E-state index is 6.07. The molecule has 1 aliphatic heterocycles. The minimum atomic E-state index is 0.368. The minimum Gasteiger partial charge on any atom is -0.364 e. The van der Waals surface area contributed by atoms with E-state index in [1.54, 1.807) is 0 Å². The van der Waals surface area contributed by atoms with Gasteiger partial charge in [-0.15, -0.1) is 0 Å². The maximum Gasteiger partial charge on any atom is 0.109 e. The van der Waals surface area contributed by atoms with E-state index >= 15 is 0 Å². The van der Waals surface area contributed by atoms with Crippen molar-refractivity contribution in [3.05, 3.63) is 34.3 Å². The van der Waals surface area contributed by atoms with Crippen molar-refractivity contribution in [2.75, 3.05) is 0 Å². The van der Waals surface area contributed by atoms with Crippen molar-refractivity contribution in [1.29, 1.82) is 0 Å². The first kappa shape index (κ1) is 6.93. The normalized spacial score (nSPS) is 30.8. The van der Waals surface area contributed by atoms with Crippen LogP contribution in [0.4, 0.5) is 0 Å². The molecule has 2 heteroatoms. The number of halogens is 1. The van der Waals surface area contributed by atoms with Gasteiger partial charge in [-0.25, -0.2) is 0 Å². The quantitative estimate of drug-likeness (QED) is 0.560. The summed E-state index contributed by atoms with van der Waals surface area (Å²) in [4.78, 5) is 0. The Morgan fingerprint density at radius 1 is 1.42 bits per heavy atom. The number of rotatable bonds is 0. The largest absolute Gasteiger partial charge is 0.364 e. The van der Waals surface area contributed by atoms with Crippen molar-refractivity contribution in [1.82, 2.24) is 0 Å². The molecule has 1 aliphatic carbocycles. The van der Waals surface area contributed by atoms with Crippen LogP contribution in [-0.2, 0) is 11.2 Å². The lowest BCUT2D eigenvalue weighted by Gasteiger charge is -2.12. The van der Waals surface area contributed by atoms with Crippen molar-refractivity contribution in [2.24, 2.45) is 0 Å². The van der Waals surface area contributed by atoms with Gasteiger partial charge in [-0.1, -0.05) is 23.7 Å². The maximum atomic E-state index is 6.07. The molecule has 62 valence electrons. The zero-order chi connectivity index (χ0) is 8.13. The molecular formula is C10H9ClO. The van der Waals surface area contributed by atoms with Gasteiger partial charge >= 0.3 is 0 Å². The number of ether oxygens (including phenoxy) is 1. The van der Waals surface area contributed by atoms with Crippen LogP contribution in [0.2, 0.25) is 5.02 Å². The second kappa shape index (κ2) is 2.24. The van der Waals surface area contributed by atoms with Crippen LogP contribution in [0.3, 0.4) is 0 Å². The van der Waals surface area contributed by atoms with Gasteiger partial charge in [0.1, 0.15) is 6.10 Å². The first-order valence-corrected chi connectivity index (χ1v) is 4.67. The SMILES string of the molecule is Clc1cccc2c1CC[C@@H]1O[C@@H]21. The summed E-state index contributed by atoms with van der Waals surface area (Å²) in [5.41, 5.74) is 2.62. The van der Waals surface area contributed by atoms with E-state index in [4.69, 9.17) is 16.3 Å². The third-order valence-electron chi connectivity index (χ3n) is 2.72. The summed E-state index contributed by atoms with van der Waals surface area (Å²) in [6.07, 6.45) is 3.08. The van der Waals surface area contributed by atoms with Crippen LogP contribution in [0.15, 0.2) is 18.2 Å². The first-order chi connectivity index (χ1) is 5.86. The number of benzene rings is 1. The average Bonchev–Trinajstić information content (AvgIpc) is 2.83. The Kier molecular flexibility index (Phi) is 1.29. The highest BCUT2D eigenvalue weighted by Gasteiger charge is 2.44. The lowest BCUT2D eigenvalue weighted by atomic mass is 9.92. The molecule has 1 aromatic carbocycles. The Morgan fingerprint density at radius 3 is 3.25 bits per heavy atom. The Morgan fingerprint density at radius 2 is 2.33 bits per heavy atom. The van der Waals surface area contributed by atoms with Crippen molar-refractivity contribution in [2.45, 2.75) is 25.0 Å². The molecule has 0 bridgehead atoms. The summed E-state index contributed by atoms with van der Waals surface area (Å²) in [5, 5.41) is 0.904. The molecule has 0 radical (unpaired) electrons. The van der Waals surface area contributed by atoms with Gasteiger partial charge in [0.15, 0.2) is 0 Å². The molecule has 2 atom stereocenters. The molecule has 3 rings (SSSR count). The van der Waals surface area contributed by atoms with E-state index in [9.17, 15) is 0 Å². The van der Waals surface area contributed by atoms with Crippen molar-refractivity contribution in [3.8, 4) is 0 Å². The lowest BCUT2D eigenvalue weighted by Crippen LogP contribution is -2.04. The highest BCUT2D eigenvalue weighted by Crippen LogP contribution is 2.48. The molecule has 12 heavy (non-hydrogen) atoms. The van der Waals surface area contributed by atoms with Gasteiger partial charge in [-0.3, -0.25) is 0 Å². The van der Waals surface area contributed by atoms with Gasteiger partial charge < -0.3 is 4.74 Å². The fourth-order valence-electron chi connectivity index (χ4n) is 2.03. The third-order valence-corrected chi connectivity index (χ3v) is 3.08. The molecule has 0 spiro atoms. The van der Waals surface area contributed by atoms with Crippen LogP contribution < -0.4 is 0 Å². The lowest BCUT2D eigenvalue weighted by molar-refractivity contribution is 0.373. The molecule has 2 aliphatic rings. The van der Waals surface area contributed by atoms with Gasteiger partial charge in [-0.05, 0) is 30.0 Å². The second-order valence-electron chi connectivity index (χ2n) is 3.44. The Labute approximate surface area is 76.3 Å². The van der Waals surface area contributed by atoms with E-state index in [0.29, 0.717) is 12.2 Å². The van der Waals surface area contributed by atoms with Crippen LogP contribution in [0.1, 0.15) is 23.7 Å². The molecule has 1 heterocycles. The van der Waals surface area contributed by atoms with E-state index in [-0.39, 0.29) is 0 Å². The molecule has 0 N–H and O–H groups in total. The van der Waals surface area contributed by atoms with E-state index in [1.165, 1.54) is 11.1 Å². The summed E-state index contributed by atoms with van der Waals surface area (Å²) in [5.74, 6) is 0. The Hall–Kier alpha value is -0.530. The third kappa shape index (κ3) is 0.838. The minimum absolute atomic E-state index is 0.368. The fraction of sp³-hybridized carbons (Fsp3) is 0.400. The summed E-state index contributed by atoms with van der Waals surface area (Å²) >= 11 is 6.07. The predicted octanol–water partition coefficient (Wildman–Crippen LogP) is 2.73. The van der Waals surface area contributed by atoms with Crippen LogP contribution in [-0.4, -0.2) is 6.10 Å². The smallest absolute Gasteiger partial charge is 0.109 e. The standard InChI is InChI=1S/C10H9ClO/c11-8-3-1-2-7-6(8)4-5-9-10(7)12-9/h1-3,9-10H,4-5H2/t9-,10-/m0/s1. The summed E-state index contributed by atoms with van der Waals surface area (Å²) < 4.78 is 5.50. The summed E-state index contributed by atoms with van der Waals surface area (Å²) in [6.45, 7) is 0. The van der Waals surface area contributed by atoms with Gasteiger partial charge in [-0.2, -0.15) is 0 Å². The van der Waals surface area contributed by atoms with Gasteiger partial charge in [0, 0.05) is 5.02 Å². The van der Waals surface area contributed by atoms with Crippen molar-refractivity contribution < 1.29 is 4.74 Å². The molecule has 1 aromatic rings. The fourth-order valence-corrected chi connectivity index (χ4v) is 2.30. The van der Waals surface area contributed by atoms with Crippen LogP contribution in [0, 0.1) is 0 Å². The monoisotopic (exact) mass is 180 g/mol. The number of hydrogen-bond donors (Lipinski definition) is 0. The van der Waals surface area contributed by atoms with E-state index in [1.807, 2.05) is 12.1 Å². The van der Waals surface area contributed by atoms with Crippen molar-refractivity contribution in [3.63, 3.8) is 0 Å². The molecule has 0 amide bonds. The highest BCUT2D eigenvalue weighted by atomic mass is 35.5. The predicted molar refractivity (Wildman–Crippen MR) is 47.4 cm³/mol. The molecule has 0 saturated carbocycles. The summed E-state index contributed by atoms with van der Waals surface area (Å²) in [6, 6.07) is 6.10. The number of hydrogen-bond acceptors (Lipinski definition) is 1. The highest BCUT2D eigenvalue weighted by molar-refractivity contribution is 6.31. The van der Waals surface area contributed by atoms with Gasteiger partial charge in [0.2, 0.25) is 0 Å². The van der Waals surface area contributed by atoms with Gasteiger partial charge in [0.05, 0.1) is 6.10 Å². The number of epoxide rings is 1. The molecule has 1 nitrogen and oxygen atoms in total. The average molecular weight is 181 g/mol. The van der Waals surface area contributed by atoms with Crippen LogP contribution in [0.25, 0.3) is 0 Å². The first-order valence-electron chi connectivity index (χ1n) is 4.29. The van der Waals surface area contributed by atoms with E-state index in [2.05, 4.69) is 6.07 Å². The molecule has 1 saturated heterocycles. The Balaban J connectivity index is 2.18. The van der Waals surface area contributed by atoms with Gasteiger partial charge in [0.25, 0.3) is 0 Å². The molecule has 0 unspecified atom stereocenters. The molecular weight excluding hydrogens is 172 g/mol. The molecule has 1 fully saturated rings. The number of fused-ring (bicyclic) bond motifs is 3. The summed E-state index contributed by atoms with van der Waals surface area (Å²) in [7, 11) is 0. The Bertz CT molecular complexity index is 335. The van der Waals surface area contributed by atoms with Crippen LogP contribution in [0.5, 0.6) is 0 Å². The van der Waals surface area contributed by atoms with E-state index in [0.717, 1.165) is 17.9 Å². The van der Waals surface area contributed by atoms with E-state index < -0.39 is 0 Å².